The van der Waals surface area contributed by atoms with Gasteiger partial charge in [-0.3, -0.25) is 9.78 Å². The van der Waals surface area contributed by atoms with Gasteiger partial charge in [0.05, 0.1) is 6.33 Å². The molecule has 21 heavy (non-hydrogen) atoms. The quantitative estimate of drug-likeness (QED) is 0.222. The van der Waals surface area contributed by atoms with Crippen LogP contribution in [0.1, 0.15) is 0 Å². The first-order valence-electron chi connectivity index (χ1n) is 4.53. The number of nitrogens with two attached hydrogens (primary N) is 1. The molecule has 0 saturated heterocycles. The van der Waals surface area contributed by atoms with E-state index in [0.717, 1.165) is 0 Å². The lowest BCUT2D eigenvalue weighted by molar-refractivity contribution is 0.272. The van der Waals surface area contributed by atoms with E-state index in [2.05, 4.69) is 19.9 Å². The first kappa shape index (κ1) is 19.4. The molecule has 2 aromatic rings. The Bertz CT molecular complexity index is 691. The number of fused-ring (bicyclic) bond motifs is 1. The van der Waals surface area contributed by atoms with Gasteiger partial charge in [0.2, 0.25) is 5.95 Å². The van der Waals surface area contributed by atoms with E-state index >= 15 is 0 Å². The van der Waals surface area contributed by atoms with Crippen LogP contribution in [0.4, 0.5) is 5.95 Å². The summed E-state index contributed by atoms with van der Waals surface area (Å²) in [5, 5.41) is 0. The molecule has 2 rings (SSSR count). The second-order valence-electron chi connectivity index (χ2n) is 3.08. The van der Waals surface area contributed by atoms with E-state index in [4.69, 9.17) is 44.2 Å². The van der Waals surface area contributed by atoms with Gasteiger partial charge in [0.1, 0.15) is 0 Å². The number of imidazole rings is 1. The van der Waals surface area contributed by atoms with Crippen LogP contribution in [0.3, 0.4) is 0 Å². The number of H-pyrrole nitrogens is 2. The Hall–Kier alpha value is -1.63. The summed E-state index contributed by atoms with van der Waals surface area (Å²) in [6, 6.07) is 0. The molecule has 0 aliphatic carbocycles. The topological polar surface area (TPSA) is 256 Å². The Labute approximate surface area is 114 Å². The van der Waals surface area contributed by atoms with Gasteiger partial charge in [0.25, 0.3) is 5.56 Å². The van der Waals surface area contributed by atoms with Crippen LogP contribution in [-0.4, -0.2) is 49.3 Å². The van der Waals surface area contributed by atoms with Gasteiger partial charge < -0.3 is 40.1 Å². The third-order valence-electron chi connectivity index (χ3n) is 1.31. The van der Waals surface area contributed by atoms with Crippen molar-refractivity contribution < 1.29 is 38.5 Å². The number of hydrogen-bond acceptors (Lipinski definition) is 6. The number of nitrogens with one attached hydrogen (secondary N) is 2. The molecule has 0 fully saturated rings. The highest BCUT2D eigenvalue weighted by molar-refractivity contribution is 7.45. The number of anilines is 1. The van der Waals surface area contributed by atoms with Gasteiger partial charge in [0.15, 0.2) is 11.2 Å². The van der Waals surface area contributed by atoms with E-state index < -0.39 is 15.6 Å². The second kappa shape index (κ2) is 7.40. The van der Waals surface area contributed by atoms with Crippen LogP contribution >= 0.6 is 15.6 Å². The van der Waals surface area contributed by atoms with Gasteiger partial charge in [-0.1, -0.05) is 0 Å². The molecule has 0 aliphatic heterocycles. The van der Waals surface area contributed by atoms with Crippen LogP contribution < -0.4 is 11.3 Å². The van der Waals surface area contributed by atoms with Gasteiger partial charge in [-0.15, -0.1) is 0 Å². The monoisotopic (exact) mass is 347 g/mol. The van der Waals surface area contributed by atoms with Crippen LogP contribution in [0.2, 0.25) is 0 Å². The fraction of sp³-hybridized carbons (Fsp3) is 0. The second-order valence-corrected chi connectivity index (χ2v) is 5.13. The lowest BCUT2D eigenvalue weighted by atomic mass is 10.5. The van der Waals surface area contributed by atoms with Crippen molar-refractivity contribution in [1.82, 2.24) is 19.9 Å². The summed E-state index contributed by atoms with van der Waals surface area (Å²) < 4.78 is 17.8. The Morgan fingerprint density at radius 3 is 1.90 bits per heavy atom. The lowest BCUT2D eigenvalue weighted by Crippen LogP contribution is -2.10. The molecule has 0 atom stereocenters. The van der Waals surface area contributed by atoms with Crippen molar-refractivity contribution in [1.29, 1.82) is 0 Å². The Balaban J connectivity index is 0.000000340. The molecule has 2 heterocycles. The predicted octanol–water partition coefficient (Wildman–Crippen LogP) is -2.63. The maximum absolute atomic E-state index is 11.0. The zero-order valence-electron chi connectivity index (χ0n) is 9.85. The van der Waals surface area contributed by atoms with Crippen LogP contribution in [0.25, 0.3) is 11.2 Å². The first-order valence-corrected chi connectivity index (χ1v) is 7.66. The minimum absolute atomic E-state index is 0.0783. The molecular weight excluding hydrogens is 336 g/mol. The van der Waals surface area contributed by atoms with Crippen LogP contribution in [-0.2, 0) is 9.13 Å². The minimum Gasteiger partial charge on any atom is -0.369 e. The number of nitrogens with zero attached hydrogens (tertiary/aromatic N) is 2. The normalized spacial score (nSPS) is 11.1. The summed E-state index contributed by atoms with van der Waals surface area (Å²) in [6.45, 7) is 0. The number of aromatic amines is 2. The Kier molecular flexibility index (Phi) is 6.82. The zero-order valence-corrected chi connectivity index (χ0v) is 11.6. The van der Waals surface area contributed by atoms with Crippen LogP contribution in [0.15, 0.2) is 11.1 Å². The molecule has 0 unspecified atom stereocenters. The Morgan fingerprint density at radius 2 is 1.48 bits per heavy atom. The molecule has 0 spiro atoms. The smallest absolute Gasteiger partial charge is 0.369 e. The number of hydrogen-bond donors (Lipinski definition) is 9. The van der Waals surface area contributed by atoms with Gasteiger partial charge in [-0.2, -0.15) is 4.98 Å². The summed E-state index contributed by atoms with van der Waals surface area (Å²) in [4.78, 5) is 66.7. The summed E-state index contributed by atoms with van der Waals surface area (Å²) in [7, 11) is -9.28. The molecule has 10 N–H and O–H groups in total. The summed E-state index contributed by atoms with van der Waals surface area (Å²) in [6.07, 6.45) is 1.40. The van der Waals surface area contributed by atoms with Gasteiger partial charge in [0, 0.05) is 0 Å². The maximum atomic E-state index is 11.0. The number of nitrogen functional groups attached to an aromatic ring is 1. The van der Waals surface area contributed by atoms with Crippen molar-refractivity contribution in [2.45, 2.75) is 0 Å². The molecule has 0 saturated carbocycles. The third kappa shape index (κ3) is 11.9. The van der Waals surface area contributed by atoms with E-state index in [1.54, 1.807) is 0 Å². The van der Waals surface area contributed by atoms with E-state index in [0.29, 0.717) is 11.2 Å². The largest absolute Gasteiger partial charge is 0.466 e. The molecule has 0 amide bonds. The Morgan fingerprint density at radius 1 is 1.05 bits per heavy atom. The van der Waals surface area contributed by atoms with E-state index in [9.17, 15) is 4.79 Å². The highest BCUT2D eigenvalue weighted by atomic mass is 31.2. The summed E-state index contributed by atoms with van der Waals surface area (Å²) in [5.41, 5.74) is 5.65. The van der Waals surface area contributed by atoms with Gasteiger partial charge in [-0.05, 0) is 0 Å². The molecule has 2 aromatic heterocycles. The maximum Gasteiger partial charge on any atom is 0.466 e. The molecule has 120 valence electrons. The molecule has 16 heteroatoms. The molecule has 0 aliphatic rings. The molecule has 14 nitrogen and oxygen atoms in total. The van der Waals surface area contributed by atoms with Crippen LogP contribution in [0.5, 0.6) is 0 Å². The van der Waals surface area contributed by atoms with E-state index in [1.807, 2.05) is 0 Å². The van der Waals surface area contributed by atoms with Crippen molar-refractivity contribution in [3.8, 4) is 0 Å². The average Bonchev–Trinajstić information content (AvgIpc) is 2.59. The SMILES string of the molecule is Nc1nc2nc[nH]c2c(=O)[nH]1.O=P(O)(O)O.O=P(O)(O)O. The molecule has 0 bridgehead atoms. The zero-order chi connectivity index (χ0) is 16.8. The van der Waals surface area contributed by atoms with Crippen molar-refractivity contribution in [3.63, 3.8) is 0 Å². The lowest BCUT2D eigenvalue weighted by Gasteiger charge is -1.89. The van der Waals surface area contributed by atoms with Crippen molar-refractivity contribution in [2.75, 3.05) is 5.73 Å². The van der Waals surface area contributed by atoms with Crippen molar-refractivity contribution in [2.24, 2.45) is 0 Å². The number of aromatic nitrogens is 4. The van der Waals surface area contributed by atoms with E-state index in [1.165, 1.54) is 6.33 Å². The molecule has 0 radical (unpaired) electrons. The third-order valence-corrected chi connectivity index (χ3v) is 1.31. The fourth-order valence-corrected chi connectivity index (χ4v) is 0.860. The van der Waals surface area contributed by atoms with Crippen LogP contribution in [0, 0.1) is 0 Å². The average molecular weight is 347 g/mol. The first-order chi connectivity index (χ1) is 9.27. The van der Waals surface area contributed by atoms with Gasteiger partial charge in [-0.25, -0.2) is 14.1 Å². The molecule has 0 aromatic carbocycles. The number of rotatable bonds is 0. The van der Waals surface area contributed by atoms with Gasteiger partial charge >= 0.3 is 15.6 Å². The predicted molar refractivity (Wildman–Crippen MR) is 67.4 cm³/mol. The van der Waals surface area contributed by atoms with Crippen molar-refractivity contribution in [3.05, 3.63) is 16.7 Å². The van der Waals surface area contributed by atoms with E-state index in [-0.39, 0.29) is 11.5 Å². The minimum atomic E-state index is -4.64. The van der Waals surface area contributed by atoms with Crippen molar-refractivity contribution >= 4 is 32.8 Å². The standard InChI is InChI=1S/C5H5N5O.2H3O4P/c6-5-9-3-2(4(11)10-5)7-1-8-3;2*1-5(2,3)4/h1H,(H4,6,7,8,9,10,11);2*(H3,1,2,3,4). The highest BCUT2D eigenvalue weighted by Gasteiger charge is 2.02. The fourth-order valence-electron chi connectivity index (χ4n) is 0.860. The summed E-state index contributed by atoms with van der Waals surface area (Å²) >= 11 is 0. The molecular formula is C5H11N5O9P2. The highest BCUT2D eigenvalue weighted by Crippen LogP contribution is 2.26. The summed E-state index contributed by atoms with van der Waals surface area (Å²) in [5.74, 6) is 0.0783. The number of phosphoric acid groups is 2.